The van der Waals surface area contributed by atoms with Gasteiger partial charge in [-0.25, -0.2) is 0 Å². The molecule has 0 aliphatic heterocycles. The highest BCUT2D eigenvalue weighted by Crippen LogP contribution is 2.11. The Morgan fingerprint density at radius 2 is 2.09 bits per heavy atom. The number of fused-ring (bicyclic) bond motifs is 1. The van der Waals surface area contributed by atoms with Crippen LogP contribution in [0.15, 0.2) is 38.7 Å². The Labute approximate surface area is 121 Å². The van der Waals surface area contributed by atoms with Crippen molar-refractivity contribution in [2.75, 3.05) is 0 Å². The van der Waals surface area contributed by atoms with E-state index in [9.17, 15) is 14.9 Å². The number of aryl methyl sites for hydroxylation is 1. The number of hydrogen-bond acceptors (Lipinski definition) is 8. The Balaban J connectivity index is 1.95. The first kappa shape index (κ1) is 13.5. The van der Waals surface area contributed by atoms with Crippen LogP contribution in [0.25, 0.3) is 11.1 Å². The predicted molar refractivity (Wildman–Crippen MR) is 74.7 cm³/mol. The van der Waals surface area contributed by atoms with E-state index in [2.05, 4.69) is 20.6 Å². The van der Waals surface area contributed by atoms with Crippen LogP contribution in [0.2, 0.25) is 0 Å². The molecule has 3 aromatic rings. The lowest BCUT2D eigenvalue weighted by Crippen LogP contribution is -2.20. The van der Waals surface area contributed by atoms with Gasteiger partial charge in [0.05, 0.1) is 16.8 Å². The standard InChI is InChI=1S/C12H8N6O4/c1-7-10-11(22-15-7)14-16-17(12(10)19)13-6-8-2-4-9(5-3-8)18(20)21/h2-6H,1H3/b13-6+. The van der Waals surface area contributed by atoms with Gasteiger partial charge in [-0.15, -0.1) is 0 Å². The van der Waals surface area contributed by atoms with Gasteiger partial charge in [0, 0.05) is 12.1 Å². The van der Waals surface area contributed by atoms with E-state index in [4.69, 9.17) is 4.52 Å². The van der Waals surface area contributed by atoms with Crippen LogP contribution in [-0.2, 0) is 0 Å². The molecule has 0 spiro atoms. The second-order valence-electron chi connectivity index (χ2n) is 4.33. The van der Waals surface area contributed by atoms with Crippen molar-refractivity contribution in [1.82, 2.24) is 20.3 Å². The molecule has 22 heavy (non-hydrogen) atoms. The molecule has 0 aliphatic carbocycles. The summed E-state index contributed by atoms with van der Waals surface area (Å²) in [5.41, 5.74) is 0.470. The average Bonchev–Trinajstić information content (AvgIpc) is 2.89. The SMILES string of the molecule is Cc1noc2nnn(/N=C/c3ccc([N+](=O)[O-])cc3)c(=O)c12. The largest absolute Gasteiger partial charge is 0.334 e. The third-order valence-electron chi connectivity index (χ3n) is 2.88. The van der Waals surface area contributed by atoms with E-state index >= 15 is 0 Å². The number of aromatic nitrogens is 4. The van der Waals surface area contributed by atoms with Gasteiger partial charge in [0.1, 0.15) is 5.39 Å². The smallest absolute Gasteiger partial charge is 0.304 e. The zero-order valence-corrected chi connectivity index (χ0v) is 11.2. The number of non-ortho nitro benzene ring substituents is 1. The number of nitrogens with zero attached hydrogens (tertiary/aromatic N) is 6. The van der Waals surface area contributed by atoms with E-state index in [0.717, 1.165) is 4.79 Å². The van der Waals surface area contributed by atoms with Crippen LogP contribution in [0.3, 0.4) is 0 Å². The van der Waals surface area contributed by atoms with Crippen LogP contribution in [0.4, 0.5) is 5.69 Å². The number of benzene rings is 1. The molecule has 0 saturated carbocycles. The third kappa shape index (κ3) is 2.32. The van der Waals surface area contributed by atoms with Crippen LogP contribution >= 0.6 is 0 Å². The van der Waals surface area contributed by atoms with Gasteiger partial charge >= 0.3 is 5.56 Å². The number of hydrogen-bond donors (Lipinski definition) is 0. The van der Waals surface area contributed by atoms with Crippen molar-refractivity contribution in [3.63, 3.8) is 0 Å². The van der Waals surface area contributed by atoms with Crippen molar-refractivity contribution >= 4 is 23.0 Å². The maximum atomic E-state index is 12.1. The number of nitro benzene ring substituents is 1. The molecule has 2 aromatic heterocycles. The molecule has 2 heterocycles. The lowest BCUT2D eigenvalue weighted by molar-refractivity contribution is -0.384. The fourth-order valence-corrected chi connectivity index (χ4v) is 1.77. The summed E-state index contributed by atoms with van der Waals surface area (Å²) in [6.07, 6.45) is 1.34. The molecular weight excluding hydrogens is 292 g/mol. The molecule has 0 bridgehead atoms. The minimum absolute atomic E-state index is 0.0318. The molecule has 1 aromatic carbocycles. The van der Waals surface area contributed by atoms with Crippen LogP contribution in [-0.4, -0.2) is 31.4 Å². The molecule has 0 saturated heterocycles. The fraction of sp³-hybridized carbons (Fsp3) is 0.0833. The molecule has 10 heteroatoms. The first-order valence-electron chi connectivity index (χ1n) is 6.07. The first-order chi connectivity index (χ1) is 10.6. The minimum Gasteiger partial charge on any atom is -0.334 e. The monoisotopic (exact) mass is 300 g/mol. The van der Waals surface area contributed by atoms with Crippen molar-refractivity contribution < 1.29 is 9.45 Å². The molecule has 0 fully saturated rings. The maximum absolute atomic E-state index is 12.1. The van der Waals surface area contributed by atoms with Crippen molar-refractivity contribution in [2.24, 2.45) is 5.10 Å². The van der Waals surface area contributed by atoms with E-state index in [1.54, 1.807) is 6.92 Å². The first-order valence-corrected chi connectivity index (χ1v) is 6.07. The summed E-state index contributed by atoms with van der Waals surface area (Å²) in [7, 11) is 0. The van der Waals surface area contributed by atoms with Crippen LogP contribution in [0.1, 0.15) is 11.3 Å². The van der Waals surface area contributed by atoms with E-state index in [0.29, 0.717) is 11.3 Å². The summed E-state index contributed by atoms with van der Waals surface area (Å²) >= 11 is 0. The van der Waals surface area contributed by atoms with Gasteiger partial charge in [-0.1, -0.05) is 15.0 Å². The minimum atomic E-state index is -0.512. The van der Waals surface area contributed by atoms with Gasteiger partial charge < -0.3 is 4.52 Å². The summed E-state index contributed by atoms with van der Waals surface area (Å²) in [5, 5.41) is 25.6. The second-order valence-corrected chi connectivity index (χ2v) is 4.33. The zero-order chi connectivity index (χ0) is 15.7. The number of rotatable bonds is 3. The van der Waals surface area contributed by atoms with Crippen molar-refractivity contribution in [3.05, 3.63) is 56.0 Å². The summed E-state index contributed by atoms with van der Waals surface area (Å²) < 4.78 is 4.83. The quantitative estimate of drug-likeness (QED) is 0.398. The van der Waals surface area contributed by atoms with Gasteiger partial charge in [0.25, 0.3) is 11.4 Å². The maximum Gasteiger partial charge on any atom is 0.304 e. The third-order valence-corrected chi connectivity index (χ3v) is 2.88. The van der Waals surface area contributed by atoms with Crippen LogP contribution < -0.4 is 5.56 Å². The highest BCUT2D eigenvalue weighted by atomic mass is 16.6. The van der Waals surface area contributed by atoms with Crippen molar-refractivity contribution in [1.29, 1.82) is 0 Å². The van der Waals surface area contributed by atoms with Crippen molar-refractivity contribution in [2.45, 2.75) is 6.92 Å². The molecule has 10 nitrogen and oxygen atoms in total. The molecule has 0 radical (unpaired) electrons. The molecule has 3 rings (SSSR count). The van der Waals surface area contributed by atoms with Gasteiger partial charge in [-0.2, -0.15) is 5.10 Å². The summed E-state index contributed by atoms with van der Waals surface area (Å²) in [6, 6.07) is 5.68. The van der Waals surface area contributed by atoms with Crippen LogP contribution in [0.5, 0.6) is 0 Å². The normalized spacial score (nSPS) is 11.3. The molecule has 0 aliphatic rings. The highest BCUT2D eigenvalue weighted by molar-refractivity contribution is 5.80. The summed E-state index contributed by atoms with van der Waals surface area (Å²) in [4.78, 5) is 23.0. The average molecular weight is 300 g/mol. The predicted octanol–water partition coefficient (Wildman–Crippen LogP) is 0.878. The second kappa shape index (κ2) is 5.16. The molecule has 0 unspecified atom stereocenters. The Kier molecular flexibility index (Phi) is 3.18. The fourth-order valence-electron chi connectivity index (χ4n) is 1.77. The van der Waals surface area contributed by atoms with Crippen molar-refractivity contribution in [3.8, 4) is 0 Å². The van der Waals surface area contributed by atoms with E-state index in [1.807, 2.05) is 0 Å². The van der Waals surface area contributed by atoms with E-state index in [1.165, 1.54) is 30.5 Å². The Bertz CT molecular complexity index is 940. The van der Waals surface area contributed by atoms with Gasteiger partial charge in [-0.3, -0.25) is 14.9 Å². The van der Waals surface area contributed by atoms with E-state index in [-0.39, 0.29) is 16.8 Å². The molecule has 0 N–H and O–H groups in total. The topological polar surface area (TPSA) is 129 Å². The summed E-state index contributed by atoms with van der Waals surface area (Å²) in [6.45, 7) is 1.61. The summed E-state index contributed by atoms with van der Waals surface area (Å²) in [5.74, 6) is 0. The number of nitro groups is 1. The molecule has 110 valence electrons. The van der Waals surface area contributed by atoms with Gasteiger partial charge in [0.2, 0.25) is 0 Å². The Hall–Kier alpha value is -3.43. The van der Waals surface area contributed by atoms with Gasteiger partial charge in [-0.05, 0) is 29.8 Å². The lowest BCUT2D eigenvalue weighted by atomic mass is 10.2. The van der Waals surface area contributed by atoms with E-state index < -0.39 is 10.5 Å². The van der Waals surface area contributed by atoms with Crippen LogP contribution in [0, 0.1) is 17.0 Å². The highest BCUT2D eigenvalue weighted by Gasteiger charge is 2.12. The lowest BCUT2D eigenvalue weighted by Gasteiger charge is -1.95. The zero-order valence-electron chi connectivity index (χ0n) is 11.2. The molecule has 0 atom stereocenters. The molecule has 0 amide bonds. The Morgan fingerprint density at radius 1 is 1.36 bits per heavy atom. The molecular formula is C12H8N6O4. The Morgan fingerprint density at radius 3 is 2.77 bits per heavy atom. The van der Waals surface area contributed by atoms with Gasteiger partial charge in [0.15, 0.2) is 0 Å².